The number of thioether (sulfide) groups is 1. The summed E-state index contributed by atoms with van der Waals surface area (Å²) in [7, 11) is 0. The minimum absolute atomic E-state index is 0.458. The van der Waals surface area contributed by atoms with E-state index in [9.17, 15) is 0 Å². The van der Waals surface area contributed by atoms with Crippen molar-refractivity contribution in [3.63, 3.8) is 0 Å². The maximum absolute atomic E-state index is 5.97. The molecule has 0 amide bonds. The number of nitrogens with zero attached hydrogens (tertiary/aromatic N) is 1. The molecule has 0 radical (unpaired) electrons. The normalized spacial score (nSPS) is 26.3. The summed E-state index contributed by atoms with van der Waals surface area (Å²) in [5.41, 5.74) is 7.38. The topological polar surface area (TPSA) is 29.3 Å². The second-order valence-electron chi connectivity index (χ2n) is 5.57. The molecular weight excluding hydrogens is 252 g/mol. The van der Waals surface area contributed by atoms with Crippen molar-refractivity contribution in [2.45, 2.75) is 56.1 Å². The van der Waals surface area contributed by atoms with E-state index in [1.54, 1.807) is 11.8 Å². The van der Waals surface area contributed by atoms with Gasteiger partial charge < -0.3 is 5.73 Å². The van der Waals surface area contributed by atoms with Crippen molar-refractivity contribution in [1.29, 1.82) is 0 Å². The second-order valence-corrected chi connectivity index (χ2v) is 6.45. The van der Waals surface area contributed by atoms with E-state index in [1.165, 1.54) is 29.7 Å². The van der Waals surface area contributed by atoms with Gasteiger partial charge in [-0.2, -0.15) is 0 Å². The monoisotopic (exact) mass is 278 g/mol. The highest BCUT2D eigenvalue weighted by atomic mass is 32.2. The van der Waals surface area contributed by atoms with E-state index in [4.69, 9.17) is 5.73 Å². The molecule has 1 fully saturated rings. The number of hydrogen-bond donors (Lipinski definition) is 1. The summed E-state index contributed by atoms with van der Waals surface area (Å²) in [6.07, 6.45) is 5.98. The molecule has 1 heterocycles. The lowest BCUT2D eigenvalue weighted by molar-refractivity contribution is 0.0570. The third kappa shape index (κ3) is 3.33. The summed E-state index contributed by atoms with van der Waals surface area (Å²) in [6.45, 7) is 5.44. The van der Waals surface area contributed by atoms with Crippen LogP contribution >= 0.6 is 11.8 Å². The van der Waals surface area contributed by atoms with Crippen LogP contribution in [0.1, 0.15) is 44.7 Å². The lowest BCUT2D eigenvalue weighted by atomic mass is 9.92. The van der Waals surface area contributed by atoms with Gasteiger partial charge in [0.2, 0.25) is 0 Å². The van der Waals surface area contributed by atoms with Gasteiger partial charge in [-0.05, 0) is 50.6 Å². The first-order chi connectivity index (χ1) is 9.17. The van der Waals surface area contributed by atoms with E-state index >= 15 is 0 Å². The summed E-state index contributed by atoms with van der Waals surface area (Å²) in [4.78, 5) is 3.95. The van der Waals surface area contributed by atoms with Crippen molar-refractivity contribution in [3.05, 3.63) is 29.8 Å². The second kappa shape index (κ2) is 6.78. The molecule has 1 saturated heterocycles. The molecule has 1 aliphatic rings. The molecule has 2 nitrogen and oxygen atoms in total. The van der Waals surface area contributed by atoms with Gasteiger partial charge in [0.05, 0.1) is 0 Å². The van der Waals surface area contributed by atoms with Gasteiger partial charge in [0.25, 0.3) is 0 Å². The number of hydrogen-bond acceptors (Lipinski definition) is 3. The summed E-state index contributed by atoms with van der Waals surface area (Å²) < 4.78 is 0. The molecular formula is C16H26N2S. The Balaban J connectivity index is 2.17. The molecule has 3 heteroatoms. The van der Waals surface area contributed by atoms with Crippen LogP contribution < -0.4 is 5.73 Å². The molecule has 1 aromatic carbocycles. The zero-order valence-electron chi connectivity index (χ0n) is 12.3. The van der Waals surface area contributed by atoms with Crippen LogP contribution in [0, 0.1) is 0 Å². The SMILES string of the molecule is CSc1ccc(C(C)N2C(C)CCCC2CN)cc1. The van der Waals surface area contributed by atoms with Crippen LogP contribution in [0.4, 0.5) is 0 Å². The molecule has 2 rings (SSSR count). The number of piperidine rings is 1. The molecule has 0 aliphatic carbocycles. The fourth-order valence-electron chi connectivity index (χ4n) is 3.30. The largest absolute Gasteiger partial charge is 0.329 e. The van der Waals surface area contributed by atoms with Crippen LogP contribution in [0.5, 0.6) is 0 Å². The molecule has 0 aromatic heterocycles. The van der Waals surface area contributed by atoms with Crippen LogP contribution in [-0.2, 0) is 0 Å². The third-order valence-corrected chi connectivity index (χ3v) is 5.15. The highest BCUT2D eigenvalue weighted by Crippen LogP contribution is 2.32. The first kappa shape index (κ1) is 14.9. The summed E-state index contributed by atoms with van der Waals surface area (Å²) in [5, 5.41) is 0. The predicted octanol–water partition coefficient (Wildman–Crippen LogP) is 3.67. The van der Waals surface area contributed by atoms with Crippen LogP contribution in [0.2, 0.25) is 0 Å². The Morgan fingerprint density at radius 3 is 2.58 bits per heavy atom. The molecule has 2 N–H and O–H groups in total. The maximum Gasteiger partial charge on any atom is 0.0326 e. The fourth-order valence-corrected chi connectivity index (χ4v) is 3.71. The first-order valence-corrected chi connectivity index (χ1v) is 8.51. The van der Waals surface area contributed by atoms with Gasteiger partial charge in [0.15, 0.2) is 0 Å². The standard InChI is InChI=1S/C16H26N2S/c1-12-5-4-6-15(11-17)18(12)13(2)14-7-9-16(19-3)10-8-14/h7-10,12-13,15H,4-6,11,17H2,1-3H3. The van der Waals surface area contributed by atoms with Crippen molar-refractivity contribution in [1.82, 2.24) is 4.90 Å². The van der Waals surface area contributed by atoms with Crippen molar-refractivity contribution in [2.75, 3.05) is 12.8 Å². The molecule has 0 saturated carbocycles. The molecule has 106 valence electrons. The highest BCUT2D eigenvalue weighted by Gasteiger charge is 2.31. The van der Waals surface area contributed by atoms with E-state index in [-0.39, 0.29) is 0 Å². The van der Waals surface area contributed by atoms with Gasteiger partial charge in [-0.3, -0.25) is 4.90 Å². The third-order valence-electron chi connectivity index (χ3n) is 4.41. The average molecular weight is 278 g/mol. The lowest BCUT2D eigenvalue weighted by Crippen LogP contribution is -2.49. The molecule has 0 bridgehead atoms. The highest BCUT2D eigenvalue weighted by molar-refractivity contribution is 7.98. The quantitative estimate of drug-likeness (QED) is 0.852. The molecule has 1 aromatic rings. The summed E-state index contributed by atoms with van der Waals surface area (Å²) >= 11 is 1.80. The van der Waals surface area contributed by atoms with E-state index in [0.29, 0.717) is 18.1 Å². The van der Waals surface area contributed by atoms with Gasteiger partial charge in [-0.1, -0.05) is 18.6 Å². The fraction of sp³-hybridized carbons (Fsp3) is 0.625. The minimum atomic E-state index is 0.458. The smallest absolute Gasteiger partial charge is 0.0326 e. The van der Waals surface area contributed by atoms with Crippen molar-refractivity contribution < 1.29 is 0 Å². The van der Waals surface area contributed by atoms with Crippen molar-refractivity contribution in [3.8, 4) is 0 Å². The molecule has 3 unspecified atom stereocenters. The van der Waals surface area contributed by atoms with Gasteiger partial charge in [0.1, 0.15) is 0 Å². The van der Waals surface area contributed by atoms with Gasteiger partial charge in [-0.25, -0.2) is 0 Å². The molecule has 19 heavy (non-hydrogen) atoms. The number of nitrogens with two attached hydrogens (primary N) is 1. The van der Waals surface area contributed by atoms with E-state index in [0.717, 1.165) is 6.54 Å². The predicted molar refractivity (Wildman–Crippen MR) is 84.6 cm³/mol. The molecule has 0 spiro atoms. The van der Waals surface area contributed by atoms with Crippen molar-refractivity contribution in [2.24, 2.45) is 5.73 Å². The zero-order valence-corrected chi connectivity index (χ0v) is 13.1. The number of likely N-dealkylation sites (tertiary alicyclic amines) is 1. The van der Waals surface area contributed by atoms with E-state index in [1.807, 2.05) is 0 Å². The van der Waals surface area contributed by atoms with Gasteiger partial charge in [0, 0.05) is 29.6 Å². The van der Waals surface area contributed by atoms with Gasteiger partial charge in [-0.15, -0.1) is 11.8 Å². The summed E-state index contributed by atoms with van der Waals surface area (Å²) in [6, 6.07) is 10.6. The van der Waals surface area contributed by atoms with E-state index < -0.39 is 0 Å². The maximum atomic E-state index is 5.97. The van der Waals surface area contributed by atoms with Crippen LogP contribution in [0.3, 0.4) is 0 Å². The summed E-state index contributed by atoms with van der Waals surface area (Å²) in [5.74, 6) is 0. The molecule has 3 atom stereocenters. The van der Waals surface area contributed by atoms with Gasteiger partial charge >= 0.3 is 0 Å². The Bertz CT molecular complexity index is 390. The van der Waals surface area contributed by atoms with Crippen LogP contribution in [-0.4, -0.2) is 29.8 Å². The Labute approximate surface area is 121 Å². The van der Waals surface area contributed by atoms with Crippen molar-refractivity contribution >= 4 is 11.8 Å². The Hall–Kier alpha value is -0.510. The Morgan fingerprint density at radius 1 is 1.32 bits per heavy atom. The van der Waals surface area contributed by atoms with Crippen LogP contribution in [0.25, 0.3) is 0 Å². The minimum Gasteiger partial charge on any atom is -0.329 e. The Kier molecular flexibility index (Phi) is 5.31. The first-order valence-electron chi connectivity index (χ1n) is 7.28. The number of benzene rings is 1. The average Bonchev–Trinajstić information content (AvgIpc) is 2.46. The Morgan fingerprint density at radius 2 is 2.00 bits per heavy atom. The van der Waals surface area contributed by atoms with Crippen LogP contribution in [0.15, 0.2) is 29.2 Å². The molecule has 1 aliphatic heterocycles. The lowest BCUT2D eigenvalue weighted by Gasteiger charge is -2.44. The zero-order chi connectivity index (χ0) is 13.8. The van der Waals surface area contributed by atoms with E-state index in [2.05, 4.69) is 49.3 Å². The number of rotatable bonds is 4.